The van der Waals surface area contributed by atoms with Crippen LogP contribution in [0.3, 0.4) is 0 Å². The fourth-order valence-electron chi connectivity index (χ4n) is 10.1. The van der Waals surface area contributed by atoms with Gasteiger partial charge < -0.3 is 9.84 Å². The molecule has 10 atom stereocenters. The molecule has 0 amide bonds. The molecule has 0 radical (unpaired) electrons. The second-order valence-electron chi connectivity index (χ2n) is 12.7. The number of aromatic nitrogens is 2. The number of fused-ring (bicyclic) bond motifs is 7. The Hall–Kier alpha value is -1.49. The van der Waals surface area contributed by atoms with Gasteiger partial charge in [-0.3, -0.25) is 4.79 Å². The van der Waals surface area contributed by atoms with Crippen LogP contribution in [0.1, 0.15) is 78.1 Å². The number of ether oxygens (including phenoxy) is 1. The van der Waals surface area contributed by atoms with Gasteiger partial charge in [0.25, 0.3) is 0 Å². The number of nitrogens with zero attached hydrogens (tertiary/aromatic N) is 2. The quantitative estimate of drug-likeness (QED) is 0.690. The van der Waals surface area contributed by atoms with E-state index in [0.29, 0.717) is 29.3 Å². The number of carbonyl (C=O) groups excluding carboxylic acids is 1. The van der Waals surface area contributed by atoms with Gasteiger partial charge in [-0.2, -0.15) is 10.2 Å². The standard InChI is InChI=1S/C28H40N2O3/c1-27(32)11-8-19-17(14-27)6-7-23-20(19)9-12-28(2)25(23)21-4-3-5-22(21)26(28)24(31)16-33-18-10-13-29-30-15-18/h10,13,15,17,19-23,25-26,32H,3-9,11-12,14,16H2,1-2H3/t17?,19-,20+,21+,22-,23?,25?,26+,27+,28-/m0/s1. The lowest BCUT2D eigenvalue weighted by atomic mass is 9.48. The van der Waals surface area contributed by atoms with Crippen LogP contribution in [0, 0.1) is 52.8 Å². The molecule has 5 heteroatoms. The molecule has 33 heavy (non-hydrogen) atoms. The van der Waals surface area contributed by atoms with Crippen LogP contribution in [0.5, 0.6) is 5.75 Å². The van der Waals surface area contributed by atoms with Crippen LogP contribution in [0.25, 0.3) is 0 Å². The number of Topliss-reactive ketones (excluding diaryl/α,β-unsaturated/α-hetero) is 1. The van der Waals surface area contributed by atoms with E-state index < -0.39 is 5.60 Å². The van der Waals surface area contributed by atoms with E-state index in [1.807, 2.05) is 6.92 Å². The molecule has 0 saturated heterocycles. The first-order chi connectivity index (χ1) is 15.9. The molecule has 3 unspecified atom stereocenters. The average molecular weight is 453 g/mol. The van der Waals surface area contributed by atoms with Crippen LogP contribution in [0.4, 0.5) is 0 Å². The van der Waals surface area contributed by atoms with E-state index in [4.69, 9.17) is 4.74 Å². The normalized spacial score (nSPS) is 48.3. The fraction of sp³-hybridized carbons (Fsp3) is 0.821. The monoisotopic (exact) mass is 452 g/mol. The molecule has 5 nitrogen and oxygen atoms in total. The van der Waals surface area contributed by atoms with E-state index in [-0.39, 0.29) is 17.9 Å². The van der Waals surface area contributed by atoms with E-state index in [1.54, 1.807) is 18.5 Å². The van der Waals surface area contributed by atoms with Crippen molar-refractivity contribution in [3.63, 3.8) is 0 Å². The maximum atomic E-state index is 13.7. The number of aliphatic hydroxyl groups is 1. The predicted octanol–water partition coefficient (Wildman–Crippen LogP) is 5.08. The Bertz CT molecular complexity index is 888. The molecule has 5 saturated carbocycles. The first kappa shape index (κ1) is 22.0. The number of carbonyl (C=O) groups is 1. The molecule has 5 fully saturated rings. The third-order valence-corrected chi connectivity index (χ3v) is 11.0. The molecule has 1 aromatic rings. The highest BCUT2D eigenvalue weighted by Crippen LogP contribution is 2.70. The molecule has 0 bridgehead atoms. The minimum absolute atomic E-state index is 0.126. The van der Waals surface area contributed by atoms with Crippen molar-refractivity contribution in [3.8, 4) is 5.75 Å². The molecule has 6 rings (SSSR count). The van der Waals surface area contributed by atoms with E-state index in [2.05, 4.69) is 17.1 Å². The lowest BCUT2D eigenvalue weighted by Crippen LogP contribution is -2.52. The van der Waals surface area contributed by atoms with Crippen LogP contribution in [-0.2, 0) is 4.79 Å². The zero-order valence-electron chi connectivity index (χ0n) is 20.3. The summed E-state index contributed by atoms with van der Waals surface area (Å²) in [6, 6.07) is 1.78. The van der Waals surface area contributed by atoms with Crippen molar-refractivity contribution in [2.45, 2.75) is 83.7 Å². The Balaban J connectivity index is 1.24. The van der Waals surface area contributed by atoms with Crippen LogP contribution in [0.15, 0.2) is 18.5 Å². The molecule has 1 heterocycles. The minimum Gasteiger partial charge on any atom is -0.484 e. The van der Waals surface area contributed by atoms with Gasteiger partial charge in [0.15, 0.2) is 5.78 Å². The summed E-state index contributed by atoms with van der Waals surface area (Å²) in [5, 5.41) is 18.4. The third-order valence-electron chi connectivity index (χ3n) is 11.0. The number of hydrogen-bond donors (Lipinski definition) is 1. The molecule has 5 aliphatic carbocycles. The van der Waals surface area contributed by atoms with Gasteiger partial charge >= 0.3 is 0 Å². The zero-order chi connectivity index (χ0) is 22.8. The summed E-state index contributed by atoms with van der Waals surface area (Å²) >= 11 is 0. The maximum Gasteiger partial charge on any atom is 0.174 e. The van der Waals surface area contributed by atoms with E-state index in [1.165, 1.54) is 51.4 Å². The van der Waals surface area contributed by atoms with Crippen LogP contribution in [0.2, 0.25) is 0 Å². The molecule has 180 valence electrons. The number of hydrogen-bond acceptors (Lipinski definition) is 5. The second kappa shape index (κ2) is 8.03. The summed E-state index contributed by atoms with van der Waals surface area (Å²) in [6.07, 6.45) is 15.3. The summed E-state index contributed by atoms with van der Waals surface area (Å²) in [7, 11) is 0. The third kappa shape index (κ3) is 3.56. The first-order valence-corrected chi connectivity index (χ1v) is 13.5. The number of ketones is 1. The summed E-state index contributed by atoms with van der Waals surface area (Å²) in [5.74, 6) is 6.17. The Morgan fingerprint density at radius 1 is 1.00 bits per heavy atom. The summed E-state index contributed by atoms with van der Waals surface area (Å²) < 4.78 is 5.87. The summed E-state index contributed by atoms with van der Waals surface area (Å²) in [4.78, 5) is 13.7. The van der Waals surface area contributed by atoms with Crippen LogP contribution < -0.4 is 4.74 Å². The highest BCUT2D eigenvalue weighted by Gasteiger charge is 2.66. The van der Waals surface area contributed by atoms with Crippen molar-refractivity contribution >= 4 is 5.78 Å². The summed E-state index contributed by atoms with van der Waals surface area (Å²) in [6.45, 7) is 4.68. The molecule has 0 aliphatic heterocycles. The van der Waals surface area contributed by atoms with E-state index in [0.717, 1.165) is 36.5 Å². The summed E-state index contributed by atoms with van der Waals surface area (Å²) in [5.41, 5.74) is -0.330. The molecule has 1 aromatic heterocycles. The Morgan fingerprint density at radius 2 is 1.79 bits per heavy atom. The Labute approximate surface area is 198 Å². The van der Waals surface area contributed by atoms with Gasteiger partial charge in [0.1, 0.15) is 12.4 Å². The zero-order valence-corrected chi connectivity index (χ0v) is 20.3. The topological polar surface area (TPSA) is 72.3 Å². The van der Waals surface area contributed by atoms with Crippen molar-refractivity contribution in [1.82, 2.24) is 10.2 Å². The fourth-order valence-corrected chi connectivity index (χ4v) is 10.1. The van der Waals surface area contributed by atoms with Crippen molar-refractivity contribution in [1.29, 1.82) is 0 Å². The van der Waals surface area contributed by atoms with Gasteiger partial charge in [-0.15, -0.1) is 0 Å². The number of rotatable bonds is 4. The lowest BCUT2D eigenvalue weighted by molar-refractivity contribution is -0.136. The Kier molecular flexibility index (Phi) is 5.36. The highest BCUT2D eigenvalue weighted by atomic mass is 16.5. The van der Waals surface area contributed by atoms with Crippen molar-refractivity contribution < 1.29 is 14.6 Å². The SMILES string of the molecule is C[C@@]1(O)CC[C@H]2C(CCC3C4[C@@H]5CCC[C@@H]5[C@H](C(=O)COc5ccnnc5)[C@@]4(C)CC[C@@H]32)C1. The van der Waals surface area contributed by atoms with Crippen molar-refractivity contribution in [2.24, 2.45) is 52.8 Å². The second-order valence-corrected chi connectivity index (χ2v) is 12.7. The van der Waals surface area contributed by atoms with Gasteiger partial charge in [0.05, 0.1) is 18.0 Å². The maximum absolute atomic E-state index is 13.7. The van der Waals surface area contributed by atoms with Gasteiger partial charge in [-0.1, -0.05) is 13.3 Å². The largest absolute Gasteiger partial charge is 0.484 e. The van der Waals surface area contributed by atoms with E-state index >= 15 is 0 Å². The molecule has 0 aromatic carbocycles. The highest BCUT2D eigenvalue weighted by molar-refractivity contribution is 5.84. The van der Waals surface area contributed by atoms with Gasteiger partial charge in [-0.25, -0.2) is 0 Å². The molecular formula is C28H40N2O3. The van der Waals surface area contributed by atoms with Gasteiger partial charge in [0.2, 0.25) is 0 Å². The smallest absolute Gasteiger partial charge is 0.174 e. The van der Waals surface area contributed by atoms with Gasteiger partial charge in [-0.05, 0) is 112 Å². The van der Waals surface area contributed by atoms with Crippen molar-refractivity contribution in [3.05, 3.63) is 18.5 Å². The average Bonchev–Trinajstić information content (AvgIpc) is 3.34. The molecule has 5 aliphatic rings. The van der Waals surface area contributed by atoms with Crippen LogP contribution in [-0.4, -0.2) is 33.3 Å². The lowest BCUT2D eigenvalue weighted by Gasteiger charge is -2.57. The minimum atomic E-state index is -0.455. The molecule has 0 spiro atoms. The predicted molar refractivity (Wildman–Crippen MR) is 125 cm³/mol. The first-order valence-electron chi connectivity index (χ1n) is 13.5. The molecule has 1 N–H and O–H groups in total. The Morgan fingerprint density at radius 3 is 2.61 bits per heavy atom. The molecular weight excluding hydrogens is 412 g/mol. The van der Waals surface area contributed by atoms with E-state index in [9.17, 15) is 9.90 Å². The van der Waals surface area contributed by atoms with Gasteiger partial charge in [0, 0.05) is 12.0 Å². The van der Waals surface area contributed by atoms with Crippen LogP contribution >= 0.6 is 0 Å². The van der Waals surface area contributed by atoms with Crippen molar-refractivity contribution in [2.75, 3.05) is 6.61 Å².